The number of methoxy groups -OCH3 is 1. The molecule has 174 valence electrons. The number of piperidine rings is 1. The zero-order chi connectivity index (χ0) is 23.1. The van der Waals surface area contributed by atoms with Gasteiger partial charge in [-0.2, -0.15) is 0 Å². The number of nitrogens with zero attached hydrogens (tertiary/aromatic N) is 1. The van der Waals surface area contributed by atoms with Crippen LogP contribution in [0.3, 0.4) is 0 Å². The molecule has 0 saturated carbocycles. The van der Waals surface area contributed by atoms with Crippen LogP contribution in [0.2, 0.25) is 10.0 Å². The largest absolute Gasteiger partial charge is 0.493 e. The summed E-state index contributed by atoms with van der Waals surface area (Å²) in [6.45, 7) is 1.11. The second-order valence-corrected chi connectivity index (χ2v) is 10.3. The molecule has 0 bridgehead atoms. The Hall–Kier alpha value is -2.00. The third kappa shape index (κ3) is 6.51. The monoisotopic (exact) mass is 500 g/mol. The van der Waals surface area contributed by atoms with Crippen LogP contribution in [0.5, 0.6) is 11.5 Å². The quantitative estimate of drug-likeness (QED) is 0.530. The average Bonchev–Trinajstić information content (AvgIpc) is 2.78. The van der Waals surface area contributed by atoms with E-state index in [0.717, 1.165) is 0 Å². The van der Waals surface area contributed by atoms with Gasteiger partial charge in [0.15, 0.2) is 11.5 Å². The number of halogens is 2. The Bertz CT molecular complexity index is 1050. The number of rotatable bonds is 9. The van der Waals surface area contributed by atoms with Crippen LogP contribution in [0, 0.1) is 5.92 Å². The van der Waals surface area contributed by atoms with Gasteiger partial charge < -0.3 is 14.8 Å². The van der Waals surface area contributed by atoms with Gasteiger partial charge >= 0.3 is 0 Å². The number of amides is 1. The van der Waals surface area contributed by atoms with Gasteiger partial charge in [0, 0.05) is 23.1 Å². The van der Waals surface area contributed by atoms with Crippen molar-refractivity contribution in [3.63, 3.8) is 0 Å². The van der Waals surface area contributed by atoms with Gasteiger partial charge in [0.1, 0.15) is 6.61 Å². The van der Waals surface area contributed by atoms with Gasteiger partial charge in [0.2, 0.25) is 15.9 Å². The second-order valence-electron chi connectivity index (χ2n) is 7.48. The van der Waals surface area contributed by atoms with Crippen molar-refractivity contribution in [3.05, 3.63) is 58.1 Å². The van der Waals surface area contributed by atoms with Gasteiger partial charge in [0.25, 0.3) is 0 Å². The molecule has 0 unspecified atom stereocenters. The van der Waals surface area contributed by atoms with Crippen molar-refractivity contribution in [2.24, 2.45) is 5.92 Å². The van der Waals surface area contributed by atoms with Crippen LogP contribution in [0.25, 0.3) is 0 Å². The van der Waals surface area contributed by atoms with Gasteiger partial charge in [-0.05, 0) is 42.7 Å². The van der Waals surface area contributed by atoms with Crippen LogP contribution in [-0.4, -0.2) is 52.0 Å². The third-order valence-corrected chi connectivity index (χ3v) is 7.61. The molecule has 0 aliphatic carbocycles. The highest BCUT2D eigenvalue weighted by Gasteiger charge is 2.32. The molecular formula is C22H26Cl2N2O5S. The molecule has 0 spiro atoms. The van der Waals surface area contributed by atoms with Crippen molar-refractivity contribution < 1.29 is 22.7 Å². The normalized spacial score (nSPS) is 17.0. The van der Waals surface area contributed by atoms with E-state index in [1.165, 1.54) is 10.4 Å². The number of ether oxygens (including phenoxy) is 2. The Morgan fingerprint density at radius 2 is 1.94 bits per heavy atom. The Balaban J connectivity index is 1.51. The molecule has 1 saturated heterocycles. The molecular weight excluding hydrogens is 475 g/mol. The van der Waals surface area contributed by atoms with E-state index in [0.29, 0.717) is 53.0 Å². The molecule has 1 atom stereocenters. The molecule has 1 N–H and O–H groups in total. The highest BCUT2D eigenvalue weighted by molar-refractivity contribution is 7.88. The summed E-state index contributed by atoms with van der Waals surface area (Å²) < 4.78 is 38.1. The molecule has 0 aromatic heterocycles. The lowest BCUT2D eigenvalue weighted by atomic mass is 9.99. The smallest absolute Gasteiger partial charge is 0.224 e. The van der Waals surface area contributed by atoms with Gasteiger partial charge in [-0.1, -0.05) is 41.4 Å². The van der Waals surface area contributed by atoms with E-state index in [1.807, 2.05) is 12.1 Å². The number of para-hydroxylation sites is 2. The summed E-state index contributed by atoms with van der Waals surface area (Å²) in [5.74, 6) is 0.390. The predicted octanol–water partition coefficient (Wildman–Crippen LogP) is 3.74. The number of hydrogen-bond acceptors (Lipinski definition) is 5. The predicted molar refractivity (Wildman–Crippen MR) is 125 cm³/mol. The molecule has 1 fully saturated rings. The first-order valence-electron chi connectivity index (χ1n) is 10.3. The van der Waals surface area contributed by atoms with E-state index in [9.17, 15) is 13.2 Å². The molecule has 1 amide bonds. The summed E-state index contributed by atoms with van der Waals surface area (Å²) in [5.41, 5.74) is 0.483. The summed E-state index contributed by atoms with van der Waals surface area (Å²) in [6.07, 6.45) is 1.25. The molecule has 7 nitrogen and oxygen atoms in total. The maximum absolute atomic E-state index is 12.9. The van der Waals surface area contributed by atoms with Gasteiger partial charge in [0.05, 0.1) is 25.3 Å². The minimum absolute atomic E-state index is 0.146. The van der Waals surface area contributed by atoms with Gasteiger partial charge in [-0.3, -0.25) is 4.79 Å². The topological polar surface area (TPSA) is 84.9 Å². The average molecular weight is 501 g/mol. The molecule has 3 rings (SSSR count). The van der Waals surface area contributed by atoms with E-state index < -0.39 is 15.9 Å². The maximum atomic E-state index is 12.9. The molecule has 2 aromatic carbocycles. The van der Waals surface area contributed by atoms with Crippen LogP contribution < -0.4 is 14.8 Å². The standard InChI is InChI=1S/C22H26Cl2N2O5S/c1-30-20-6-2-3-7-21(20)31-12-10-25-22(27)16-5-4-11-26(14-16)32(28,29)15-17-8-9-18(23)13-19(17)24/h2-3,6-9,13,16H,4-5,10-12,14-15H2,1H3,(H,25,27)/t16-/m0/s1. The minimum Gasteiger partial charge on any atom is -0.493 e. The fourth-order valence-electron chi connectivity index (χ4n) is 3.55. The second kappa shape index (κ2) is 11.2. The molecule has 1 aliphatic rings. The number of nitrogens with one attached hydrogen (secondary N) is 1. The van der Waals surface area contributed by atoms with E-state index in [1.54, 1.807) is 31.4 Å². The van der Waals surface area contributed by atoms with E-state index in [-0.39, 0.29) is 24.8 Å². The van der Waals surface area contributed by atoms with Crippen molar-refractivity contribution in [1.82, 2.24) is 9.62 Å². The Morgan fingerprint density at radius 1 is 1.19 bits per heavy atom. The maximum Gasteiger partial charge on any atom is 0.224 e. The molecule has 0 radical (unpaired) electrons. The number of carbonyl (C=O) groups excluding carboxylic acids is 1. The summed E-state index contributed by atoms with van der Waals surface area (Å²) in [6, 6.07) is 12.0. The fourth-order valence-corrected chi connectivity index (χ4v) is 5.75. The molecule has 32 heavy (non-hydrogen) atoms. The number of benzene rings is 2. The van der Waals surface area contributed by atoms with E-state index in [2.05, 4.69) is 5.32 Å². The van der Waals surface area contributed by atoms with Crippen molar-refractivity contribution >= 4 is 39.1 Å². The van der Waals surface area contributed by atoms with Crippen LogP contribution in [-0.2, 0) is 20.6 Å². The van der Waals surface area contributed by atoms with Gasteiger partial charge in [-0.25, -0.2) is 12.7 Å². The molecule has 10 heteroatoms. The number of carbonyl (C=O) groups is 1. The van der Waals surface area contributed by atoms with Crippen LogP contribution >= 0.6 is 23.2 Å². The van der Waals surface area contributed by atoms with Crippen LogP contribution in [0.1, 0.15) is 18.4 Å². The number of sulfonamides is 1. The first kappa shape index (κ1) is 24.6. The zero-order valence-corrected chi connectivity index (χ0v) is 20.0. The highest BCUT2D eigenvalue weighted by Crippen LogP contribution is 2.27. The zero-order valence-electron chi connectivity index (χ0n) is 17.7. The minimum atomic E-state index is -3.62. The lowest BCUT2D eigenvalue weighted by Gasteiger charge is -2.31. The van der Waals surface area contributed by atoms with Crippen molar-refractivity contribution in [3.8, 4) is 11.5 Å². The lowest BCUT2D eigenvalue weighted by molar-refractivity contribution is -0.126. The summed E-state index contributed by atoms with van der Waals surface area (Å²) >= 11 is 12.0. The summed E-state index contributed by atoms with van der Waals surface area (Å²) in [5, 5.41) is 3.59. The number of hydrogen-bond donors (Lipinski definition) is 1. The first-order chi connectivity index (χ1) is 15.3. The van der Waals surface area contributed by atoms with E-state index >= 15 is 0 Å². The Morgan fingerprint density at radius 3 is 2.66 bits per heavy atom. The van der Waals surface area contributed by atoms with Crippen molar-refractivity contribution in [2.45, 2.75) is 18.6 Å². The van der Waals surface area contributed by atoms with Crippen molar-refractivity contribution in [2.75, 3.05) is 33.4 Å². The van der Waals surface area contributed by atoms with Gasteiger partial charge in [-0.15, -0.1) is 0 Å². The lowest BCUT2D eigenvalue weighted by Crippen LogP contribution is -2.46. The fraction of sp³-hybridized carbons (Fsp3) is 0.409. The molecule has 1 aliphatic heterocycles. The first-order valence-corrected chi connectivity index (χ1v) is 12.6. The Labute approximate surface area is 198 Å². The van der Waals surface area contributed by atoms with Crippen LogP contribution in [0.4, 0.5) is 0 Å². The van der Waals surface area contributed by atoms with Crippen molar-refractivity contribution in [1.29, 1.82) is 0 Å². The van der Waals surface area contributed by atoms with Crippen LogP contribution in [0.15, 0.2) is 42.5 Å². The highest BCUT2D eigenvalue weighted by atomic mass is 35.5. The molecule has 2 aromatic rings. The molecule has 1 heterocycles. The van der Waals surface area contributed by atoms with E-state index in [4.69, 9.17) is 32.7 Å². The summed E-state index contributed by atoms with van der Waals surface area (Å²) in [4.78, 5) is 12.6. The Kier molecular flexibility index (Phi) is 8.64. The SMILES string of the molecule is COc1ccccc1OCCNC(=O)[C@H]1CCCN(S(=O)(=O)Cc2ccc(Cl)cc2Cl)C1. The third-order valence-electron chi connectivity index (χ3n) is 5.23. The summed E-state index contributed by atoms with van der Waals surface area (Å²) in [7, 11) is -2.06.